The predicted molar refractivity (Wildman–Crippen MR) is 138 cm³/mol. The smallest absolute Gasteiger partial charge is 0.240 e. The average Bonchev–Trinajstić information content (AvgIpc) is 3.22. The Morgan fingerprint density at radius 2 is 1.94 bits per heavy atom. The highest BCUT2D eigenvalue weighted by Gasteiger charge is 2.18. The molecule has 35 heavy (non-hydrogen) atoms. The molecule has 0 saturated heterocycles. The first kappa shape index (κ1) is 24.9. The van der Waals surface area contributed by atoms with Crippen molar-refractivity contribution in [3.05, 3.63) is 59.1 Å². The van der Waals surface area contributed by atoms with Gasteiger partial charge in [0.05, 0.1) is 22.5 Å². The Balaban J connectivity index is 1.51. The van der Waals surface area contributed by atoms with E-state index in [1.54, 1.807) is 31.6 Å². The van der Waals surface area contributed by atoms with Crippen LogP contribution in [0.4, 0.5) is 11.5 Å². The fraction of sp³-hybridized carbons (Fsp3) is 0.333. The molecule has 11 heteroatoms. The van der Waals surface area contributed by atoms with Gasteiger partial charge in [-0.25, -0.2) is 23.1 Å². The highest BCUT2D eigenvalue weighted by atomic mass is 32.2. The molecule has 0 spiro atoms. The lowest BCUT2D eigenvalue weighted by Crippen LogP contribution is -2.25. The molecule has 0 unspecified atom stereocenters. The molecule has 0 radical (unpaired) electrons. The molecule has 10 nitrogen and oxygen atoms in total. The number of methoxy groups -OCH3 is 1. The lowest BCUT2D eigenvalue weighted by molar-refractivity contribution is 0.199. The van der Waals surface area contributed by atoms with E-state index in [2.05, 4.69) is 14.3 Å². The van der Waals surface area contributed by atoms with Gasteiger partial charge >= 0.3 is 0 Å². The second-order valence-electron chi connectivity index (χ2n) is 8.32. The number of imidazole rings is 1. The number of nitrogens with zero attached hydrogens (tertiary/aromatic N) is 3. The van der Waals surface area contributed by atoms with Crippen molar-refractivity contribution >= 4 is 43.5 Å². The summed E-state index contributed by atoms with van der Waals surface area (Å²) in [6.45, 7) is 3.12. The molecule has 0 aliphatic rings. The van der Waals surface area contributed by atoms with Crippen molar-refractivity contribution in [1.29, 1.82) is 0 Å². The predicted octanol–water partition coefficient (Wildman–Crippen LogP) is 3.33. The normalized spacial score (nSPS) is 12.0. The van der Waals surface area contributed by atoms with E-state index in [9.17, 15) is 13.6 Å². The van der Waals surface area contributed by atoms with Crippen molar-refractivity contribution in [1.82, 2.24) is 19.3 Å². The van der Waals surface area contributed by atoms with Crippen LogP contribution < -0.4 is 15.9 Å². The molecule has 2 aromatic carbocycles. The summed E-state index contributed by atoms with van der Waals surface area (Å²) < 4.78 is 35.5. The number of nitrogens with two attached hydrogens (primary N) is 1. The number of nitrogen functional groups attached to an aromatic ring is 1. The van der Waals surface area contributed by atoms with E-state index in [1.165, 1.54) is 6.07 Å². The highest BCUT2D eigenvalue weighted by Crippen LogP contribution is 2.29. The van der Waals surface area contributed by atoms with Gasteiger partial charge in [0.2, 0.25) is 10.0 Å². The minimum atomic E-state index is -3.74. The van der Waals surface area contributed by atoms with E-state index in [1.807, 2.05) is 24.3 Å². The first-order valence-corrected chi connectivity index (χ1v) is 12.8. The number of ether oxygens (including phenoxy) is 1. The summed E-state index contributed by atoms with van der Waals surface area (Å²) in [5.74, 6) is 1.24. The van der Waals surface area contributed by atoms with Crippen LogP contribution in [0, 0.1) is 12.1 Å². The fourth-order valence-electron chi connectivity index (χ4n) is 4.16. The SMILES string of the molecule is COCCc1nc2c(N)nc3ccccc3c2n1CCCCNS(=O)(=O)c1cc(N[O-])ccc1C. The van der Waals surface area contributed by atoms with E-state index in [0.717, 1.165) is 22.2 Å². The van der Waals surface area contributed by atoms with Crippen molar-refractivity contribution in [3.63, 3.8) is 0 Å². The van der Waals surface area contributed by atoms with Gasteiger partial charge in [0.1, 0.15) is 11.3 Å². The molecule has 4 rings (SSSR count). The number of anilines is 2. The van der Waals surface area contributed by atoms with Gasteiger partial charge in [-0.3, -0.25) is 0 Å². The molecular weight excluding hydrogens is 468 g/mol. The summed E-state index contributed by atoms with van der Waals surface area (Å²) in [6.07, 6.45) is 1.94. The van der Waals surface area contributed by atoms with Crippen LogP contribution in [0.1, 0.15) is 24.2 Å². The highest BCUT2D eigenvalue weighted by molar-refractivity contribution is 7.89. The van der Waals surface area contributed by atoms with Gasteiger partial charge in [0.25, 0.3) is 0 Å². The van der Waals surface area contributed by atoms with E-state index >= 15 is 0 Å². The van der Waals surface area contributed by atoms with Crippen molar-refractivity contribution in [3.8, 4) is 0 Å². The van der Waals surface area contributed by atoms with Gasteiger partial charge in [-0.2, -0.15) is 0 Å². The topological polar surface area (TPSA) is 147 Å². The molecule has 0 aliphatic heterocycles. The lowest BCUT2D eigenvalue weighted by atomic mass is 10.2. The number of hydrogen-bond donors (Lipinski definition) is 3. The average molecular weight is 498 g/mol. The van der Waals surface area contributed by atoms with Crippen LogP contribution in [0.25, 0.3) is 21.9 Å². The second kappa shape index (κ2) is 10.6. The number of benzene rings is 2. The van der Waals surface area contributed by atoms with Gasteiger partial charge in [0, 0.05) is 37.7 Å². The van der Waals surface area contributed by atoms with Gasteiger partial charge in [-0.15, -0.1) is 0 Å². The zero-order valence-corrected chi connectivity index (χ0v) is 20.6. The molecule has 0 atom stereocenters. The molecular formula is C24H29N6O4S-. The third-order valence-corrected chi connectivity index (χ3v) is 7.52. The quantitative estimate of drug-likeness (QED) is 0.211. The van der Waals surface area contributed by atoms with Crippen LogP contribution >= 0.6 is 0 Å². The number of nitrogens with one attached hydrogen (secondary N) is 2. The van der Waals surface area contributed by atoms with Crippen LogP contribution in [0.3, 0.4) is 0 Å². The van der Waals surface area contributed by atoms with Crippen LogP contribution in [-0.2, 0) is 27.7 Å². The molecule has 186 valence electrons. The Hall–Kier alpha value is -3.25. The number of aromatic nitrogens is 3. The molecule has 0 fully saturated rings. The minimum absolute atomic E-state index is 0.0928. The zero-order valence-electron chi connectivity index (χ0n) is 19.7. The third-order valence-electron chi connectivity index (χ3n) is 5.92. The molecule has 0 aliphatic carbocycles. The summed E-state index contributed by atoms with van der Waals surface area (Å²) >= 11 is 0. The molecule has 4 N–H and O–H groups in total. The van der Waals surface area contributed by atoms with Crippen LogP contribution in [-0.4, -0.2) is 43.2 Å². The summed E-state index contributed by atoms with van der Waals surface area (Å²) in [7, 11) is -2.09. The third kappa shape index (κ3) is 5.22. The maximum Gasteiger partial charge on any atom is 0.240 e. The van der Waals surface area contributed by atoms with Crippen molar-refractivity contribution < 1.29 is 13.2 Å². The molecule has 0 saturated carbocycles. The molecule has 4 aromatic rings. The maximum atomic E-state index is 12.8. The molecule has 0 bridgehead atoms. The lowest BCUT2D eigenvalue weighted by Gasteiger charge is -2.14. The Morgan fingerprint density at radius 1 is 1.14 bits per heavy atom. The van der Waals surface area contributed by atoms with E-state index in [-0.39, 0.29) is 17.1 Å². The van der Waals surface area contributed by atoms with Gasteiger partial charge in [-0.1, -0.05) is 24.3 Å². The summed E-state index contributed by atoms with van der Waals surface area (Å²) in [6, 6.07) is 12.3. The number of unbranched alkanes of at least 4 members (excludes halogenated alkanes) is 1. The van der Waals surface area contributed by atoms with Crippen molar-refractivity contribution in [2.24, 2.45) is 0 Å². The first-order chi connectivity index (χ1) is 16.9. The number of hydrogen-bond acceptors (Lipinski definition) is 8. The van der Waals surface area contributed by atoms with Gasteiger partial charge in [0.15, 0.2) is 5.82 Å². The Labute approximate surface area is 204 Å². The molecule has 0 amide bonds. The number of sulfonamides is 1. The van der Waals surface area contributed by atoms with Gasteiger partial charge in [-0.05, 0) is 43.5 Å². The Bertz CT molecular complexity index is 1450. The van der Waals surface area contributed by atoms with Crippen LogP contribution in [0.2, 0.25) is 0 Å². The summed E-state index contributed by atoms with van der Waals surface area (Å²) in [5, 5.41) is 11.9. The zero-order chi connectivity index (χ0) is 25.0. The van der Waals surface area contributed by atoms with E-state index < -0.39 is 10.0 Å². The number of rotatable bonds is 11. The van der Waals surface area contributed by atoms with Crippen molar-refractivity contribution in [2.75, 3.05) is 31.5 Å². The van der Waals surface area contributed by atoms with Crippen LogP contribution in [0.5, 0.6) is 0 Å². The number of pyridine rings is 1. The Kier molecular flexibility index (Phi) is 7.51. The maximum absolute atomic E-state index is 12.8. The number of fused-ring (bicyclic) bond motifs is 3. The largest absolute Gasteiger partial charge is 0.761 e. The minimum Gasteiger partial charge on any atom is -0.761 e. The molecule has 2 heterocycles. The van der Waals surface area contributed by atoms with Gasteiger partial charge < -0.3 is 25.7 Å². The first-order valence-electron chi connectivity index (χ1n) is 11.4. The summed E-state index contributed by atoms with van der Waals surface area (Å²) in [4.78, 5) is 9.34. The number of aryl methyl sites for hydroxylation is 2. The van der Waals surface area contributed by atoms with E-state index in [0.29, 0.717) is 49.3 Å². The summed E-state index contributed by atoms with van der Waals surface area (Å²) in [5.41, 5.74) is 11.1. The number of para-hydroxylation sites is 1. The Morgan fingerprint density at radius 3 is 2.71 bits per heavy atom. The van der Waals surface area contributed by atoms with Crippen molar-refractivity contribution in [2.45, 2.75) is 37.6 Å². The van der Waals surface area contributed by atoms with E-state index in [4.69, 9.17) is 15.5 Å². The fourth-order valence-corrected chi connectivity index (χ4v) is 5.50. The second-order valence-corrected chi connectivity index (χ2v) is 10.1. The molecule has 2 aromatic heterocycles. The standard InChI is InChI=1S/C24H29N6O4S/c1-16-9-10-17(29-31)15-20(16)35(32,33)26-12-5-6-13-30-21(11-14-34-2)28-22-23(30)18-7-3-4-8-19(18)27-24(22)25/h3-4,7-10,15,26,29H,5-6,11-14H2,1-2H3,(H2,25,27)/q-1. The van der Waals surface area contributed by atoms with Crippen LogP contribution in [0.15, 0.2) is 47.4 Å². The monoisotopic (exact) mass is 497 g/mol.